The maximum atomic E-state index is 11.1. The average Bonchev–Trinajstić information content (AvgIpc) is 2.31. The van der Waals surface area contributed by atoms with E-state index in [1.54, 1.807) is 6.26 Å². The van der Waals surface area contributed by atoms with Crippen LogP contribution in [0.5, 0.6) is 0 Å². The van der Waals surface area contributed by atoms with Crippen LogP contribution in [-0.4, -0.2) is 6.29 Å². The summed E-state index contributed by atoms with van der Waals surface area (Å²) in [5.41, 5.74) is 2.93. The Morgan fingerprint density at radius 2 is 2.14 bits per heavy atom. The van der Waals surface area contributed by atoms with Crippen LogP contribution < -0.4 is 5.48 Å². The third kappa shape index (κ3) is 1.42. The Labute approximate surface area is 82.3 Å². The van der Waals surface area contributed by atoms with E-state index in [9.17, 15) is 4.79 Å². The highest BCUT2D eigenvalue weighted by Gasteiger charge is 2.32. The molecule has 3 heteroatoms. The second-order valence-corrected chi connectivity index (χ2v) is 3.25. The van der Waals surface area contributed by atoms with Crippen LogP contribution >= 0.6 is 0 Å². The summed E-state index contributed by atoms with van der Waals surface area (Å²) in [5.74, 6) is 0. The molecule has 0 saturated heterocycles. The molecule has 0 aromatic heterocycles. The first kappa shape index (κ1) is 8.97. The van der Waals surface area contributed by atoms with Crippen molar-refractivity contribution in [2.24, 2.45) is 0 Å². The molecular formula is C11H11NO2. The molecule has 1 heterocycles. The standard InChI is InChI=1S/C11H11NO2/c13-9-11(7-4-8-14-12-11)10-5-2-1-3-6-10/h1-6,8-9,12H,7H2. The number of benzene rings is 1. The summed E-state index contributed by atoms with van der Waals surface area (Å²) in [6.07, 6.45) is 4.87. The maximum Gasteiger partial charge on any atom is 0.148 e. The lowest BCUT2D eigenvalue weighted by Crippen LogP contribution is -2.44. The first-order chi connectivity index (χ1) is 6.87. The van der Waals surface area contributed by atoms with Crippen molar-refractivity contribution in [3.63, 3.8) is 0 Å². The Hall–Kier alpha value is -1.61. The van der Waals surface area contributed by atoms with Crippen LogP contribution in [0.1, 0.15) is 12.0 Å². The molecular weight excluding hydrogens is 178 g/mol. The zero-order valence-corrected chi connectivity index (χ0v) is 7.64. The van der Waals surface area contributed by atoms with Crippen LogP contribution in [0, 0.1) is 0 Å². The number of hydrogen-bond acceptors (Lipinski definition) is 3. The summed E-state index contributed by atoms with van der Waals surface area (Å²) in [6, 6.07) is 9.54. The molecule has 3 nitrogen and oxygen atoms in total. The smallest absolute Gasteiger partial charge is 0.148 e. The van der Waals surface area contributed by atoms with Crippen molar-refractivity contribution in [1.29, 1.82) is 0 Å². The molecule has 72 valence electrons. The largest absolute Gasteiger partial charge is 0.416 e. The van der Waals surface area contributed by atoms with Crippen molar-refractivity contribution in [2.75, 3.05) is 0 Å². The van der Waals surface area contributed by atoms with Crippen molar-refractivity contribution in [1.82, 2.24) is 5.48 Å². The van der Waals surface area contributed by atoms with Crippen molar-refractivity contribution >= 4 is 6.29 Å². The van der Waals surface area contributed by atoms with Crippen molar-refractivity contribution in [2.45, 2.75) is 12.0 Å². The predicted octanol–water partition coefficient (Wildman–Crippen LogP) is 1.52. The Morgan fingerprint density at radius 1 is 1.36 bits per heavy atom. The number of rotatable bonds is 2. The van der Waals surface area contributed by atoms with E-state index in [0.717, 1.165) is 11.8 Å². The van der Waals surface area contributed by atoms with Crippen LogP contribution in [-0.2, 0) is 15.2 Å². The summed E-state index contributed by atoms with van der Waals surface area (Å²) in [7, 11) is 0. The molecule has 0 amide bonds. The van der Waals surface area contributed by atoms with E-state index in [-0.39, 0.29) is 0 Å². The maximum absolute atomic E-state index is 11.1. The molecule has 1 aliphatic heterocycles. The lowest BCUT2D eigenvalue weighted by atomic mass is 9.88. The van der Waals surface area contributed by atoms with E-state index >= 15 is 0 Å². The predicted molar refractivity (Wildman–Crippen MR) is 52.2 cm³/mol. The van der Waals surface area contributed by atoms with E-state index in [2.05, 4.69) is 5.48 Å². The first-order valence-electron chi connectivity index (χ1n) is 4.47. The van der Waals surface area contributed by atoms with E-state index in [4.69, 9.17) is 4.84 Å². The van der Waals surface area contributed by atoms with E-state index in [1.165, 1.54) is 0 Å². The van der Waals surface area contributed by atoms with Crippen LogP contribution in [0.25, 0.3) is 0 Å². The highest BCUT2D eigenvalue weighted by Crippen LogP contribution is 2.25. The highest BCUT2D eigenvalue weighted by molar-refractivity contribution is 5.68. The zero-order chi connectivity index (χ0) is 9.86. The first-order valence-corrected chi connectivity index (χ1v) is 4.47. The van der Waals surface area contributed by atoms with E-state index in [0.29, 0.717) is 6.42 Å². The Morgan fingerprint density at radius 3 is 2.71 bits per heavy atom. The second-order valence-electron chi connectivity index (χ2n) is 3.25. The third-order valence-corrected chi connectivity index (χ3v) is 2.34. The van der Waals surface area contributed by atoms with Crippen molar-refractivity contribution in [3.8, 4) is 0 Å². The normalized spacial score (nSPS) is 25.4. The number of carbonyl (C=O) groups excluding carboxylic acids is 1. The van der Waals surface area contributed by atoms with Gasteiger partial charge in [-0.1, -0.05) is 30.3 Å². The Kier molecular flexibility index (Phi) is 2.33. The molecule has 14 heavy (non-hydrogen) atoms. The molecule has 0 fully saturated rings. The third-order valence-electron chi connectivity index (χ3n) is 2.34. The lowest BCUT2D eigenvalue weighted by molar-refractivity contribution is -0.119. The van der Waals surface area contributed by atoms with Gasteiger partial charge in [0.1, 0.15) is 18.1 Å². The van der Waals surface area contributed by atoms with E-state index in [1.807, 2.05) is 36.4 Å². The zero-order valence-electron chi connectivity index (χ0n) is 7.64. The van der Waals surface area contributed by atoms with Crippen molar-refractivity contribution in [3.05, 3.63) is 48.2 Å². The molecule has 1 aromatic carbocycles. The molecule has 0 radical (unpaired) electrons. The van der Waals surface area contributed by atoms with Gasteiger partial charge in [0.2, 0.25) is 0 Å². The van der Waals surface area contributed by atoms with Crippen molar-refractivity contribution < 1.29 is 9.63 Å². The minimum atomic E-state index is -0.726. The molecule has 1 aromatic rings. The van der Waals surface area contributed by atoms with Gasteiger partial charge in [-0.3, -0.25) is 0 Å². The SMILES string of the molecule is O=CC1(c2ccccc2)CC=CON1. The van der Waals surface area contributed by atoms with Gasteiger partial charge in [-0.15, -0.1) is 5.48 Å². The fourth-order valence-electron chi connectivity index (χ4n) is 1.52. The lowest BCUT2D eigenvalue weighted by Gasteiger charge is -2.29. The molecule has 0 saturated carbocycles. The van der Waals surface area contributed by atoms with Crippen LogP contribution in [0.3, 0.4) is 0 Å². The van der Waals surface area contributed by atoms with Gasteiger partial charge in [0, 0.05) is 6.42 Å². The van der Waals surface area contributed by atoms with E-state index < -0.39 is 5.54 Å². The summed E-state index contributed by atoms with van der Waals surface area (Å²) in [4.78, 5) is 16.1. The molecule has 0 aliphatic carbocycles. The van der Waals surface area contributed by atoms with Gasteiger partial charge >= 0.3 is 0 Å². The van der Waals surface area contributed by atoms with Gasteiger partial charge in [0.25, 0.3) is 0 Å². The van der Waals surface area contributed by atoms with Gasteiger partial charge in [-0.05, 0) is 11.6 Å². The minimum Gasteiger partial charge on any atom is -0.416 e. The molecule has 1 atom stereocenters. The number of aldehydes is 1. The summed E-state index contributed by atoms with van der Waals surface area (Å²) in [6.45, 7) is 0. The highest BCUT2D eigenvalue weighted by atomic mass is 16.6. The van der Waals surface area contributed by atoms with Gasteiger partial charge < -0.3 is 9.63 Å². The summed E-state index contributed by atoms with van der Waals surface area (Å²) >= 11 is 0. The summed E-state index contributed by atoms with van der Waals surface area (Å²) in [5, 5.41) is 0. The monoisotopic (exact) mass is 189 g/mol. The Balaban J connectivity index is 2.38. The second kappa shape index (κ2) is 3.64. The molecule has 1 unspecified atom stereocenters. The molecule has 2 rings (SSSR count). The number of nitrogens with one attached hydrogen (secondary N) is 1. The molecule has 0 bridgehead atoms. The topological polar surface area (TPSA) is 38.3 Å². The van der Waals surface area contributed by atoms with Gasteiger partial charge in [0.15, 0.2) is 0 Å². The molecule has 0 spiro atoms. The number of carbonyl (C=O) groups is 1. The van der Waals surface area contributed by atoms with Crippen LogP contribution in [0.15, 0.2) is 42.7 Å². The molecule has 1 N–H and O–H groups in total. The van der Waals surface area contributed by atoms with Gasteiger partial charge in [-0.25, -0.2) is 0 Å². The quantitative estimate of drug-likeness (QED) is 0.717. The minimum absolute atomic E-state index is 0.612. The van der Waals surface area contributed by atoms with Gasteiger partial charge in [-0.2, -0.15) is 0 Å². The summed E-state index contributed by atoms with van der Waals surface area (Å²) < 4.78 is 0. The average molecular weight is 189 g/mol. The van der Waals surface area contributed by atoms with Crippen LogP contribution in [0.4, 0.5) is 0 Å². The van der Waals surface area contributed by atoms with Gasteiger partial charge in [0.05, 0.1) is 0 Å². The fourth-order valence-corrected chi connectivity index (χ4v) is 1.52. The fraction of sp³-hybridized carbons (Fsp3) is 0.182. The Bertz CT molecular complexity index is 348. The molecule has 1 aliphatic rings. The van der Waals surface area contributed by atoms with Crippen LogP contribution in [0.2, 0.25) is 0 Å². The number of hydroxylamine groups is 1. The number of hydrogen-bond donors (Lipinski definition) is 1.